The van der Waals surface area contributed by atoms with Gasteiger partial charge in [0, 0.05) is 30.8 Å². The Balaban J connectivity index is 0.00000121. The summed E-state index contributed by atoms with van der Waals surface area (Å²) in [5.74, 6) is 1.91. The number of nitrogens with one attached hydrogen (secondary N) is 2. The lowest BCUT2D eigenvalue weighted by Gasteiger charge is -2.22. The number of nitrogens with zero attached hydrogens (tertiary/aromatic N) is 3. The van der Waals surface area contributed by atoms with Crippen molar-refractivity contribution in [2.75, 3.05) is 25.1 Å². The third-order valence-electron chi connectivity index (χ3n) is 4.51. The zero-order valence-electron chi connectivity index (χ0n) is 14.3. The van der Waals surface area contributed by atoms with Crippen LogP contribution in [-0.2, 0) is 22.5 Å². The number of hydrogen-bond acceptors (Lipinski definition) is 5. The predicted molar refractivity (Wildman–Crippen MR) is 104 cm³/mol. The average Bonchev–Trinajstić information content (AvgIpc) is 3.07. The molecule has 2 aromatic rings. The maximum atomic E-state index is 12.2. The second-order valence-corrected chi connectivity index (χ2v) is 6.20. The van der Waals surface area contributed by atoms with Crippen LogP contribution in [0.15, 0.2) is 24.3 Å². The van der Waals surface area contributed by atoms with E-state index in [2.05, 4.69) is 25.4 Å². The zero-order valence-corrected chi connectivity index (χ0v) is 15.9. The summed E-state index contributed by atoms with van der Waals surface area (Å²) in [6.07, 6.45) is 3.35. The maximum absolute atomic E-state index is 12.2. The molecule has 0 bridgehead atoms. The van der Waals surface area contributed by atoms with Gasteiger partial charge in [0.2, 0.25) is 5.91 Å². The number of amides is 1. The molecular formula is C17H23Cl2N5O2. The highest BCUT2D eigenvalue weighted by Gasteiger charge is 2.21. The summed E-state index contributed by atoms with van der Waals surface area (Å²) in [4.78, 5) is 12.2. The topological polar surface area (TPSA) is 81.1 Å². The Morgan fingerprint density at radius 2 is 2.00 bits per heavy atom. The van der Waals surface area contributed by atoms with Crippen LogP contribution in [0, 0.1) is 0 Å². The minimum absolute atomic E-state index is 0. The molecule has 142 valence electrons. The summed E-state index contributed by atoms with van der Waals surface area (Å²) in [6, 6.07) is 7.48. The molecule has 7 nitrogen and oxygen atoms in total. The Morgan fingerprint density at radius 3 is 2.73 bits per heavy atom. The summed E-state index contributed by atoms with van der Waals surface area (Å²) < 4.78 is 7.52. The molecule has 3 heterocycles. The lowest BCUT2D eigenvalue weighted by Crippen LogP contribution is -2.48. The number of aryl methyl sites for hydroxylation is 1. The van der Waals surface area contributed by atoms with Crippen molar-refractivity contribution in [3.63, 3.8) is 0 Å². The fraction of sp³-hybridized carbons (Fsp3) is 0.471. The highest BCUT2D eigenvalue weighted by Crippen LogP contribution is 2.24. The molecule has 2 aliphatic rings. The van der Waals surface area contributed by atoms with Crippen LogP contribution in [0.4, 0.5) is 5.69 Å². The van der Waals surface area contributed by atoms with E-state index in [0.717, 1.165) is 35.9 Å². The van der Waals surface area contributed by atoms with E-state index >= 15 is 0 Å². The van der Waals surface area contributed by atoms with E-state index in [9.17, 15) is 4.79 Å². The maximum Gasteiger partial charge on any atom is 0.243 e. The van der Waals surface area contributed by atoms with Crippen molar-refractivity contribution in [1.29, 1.82) is 0 Å². The molecule has 1 aromatic heterocycles. The van der Waals surface area contributed by atoms with Crippen LogP contribution < -0.4 is 10.6 Å². The van der Waals surface area contributed by atoms with E-state index in [1.807, 2.05) is 24.3 Å². The first kappa shape index (κ1) is 20.6. The Labute approximate surface area is 164 Å². The van der Waals surface area contributed by atoms with E-state index in [-0.39, 0.29) is 36.8 Å². The van der Waals surface area contributed by atoms with Crippen LogP contribution in [0.1, 0.15) is 18.7 Å². The van der Waals surface area contributed by atoms with E-state index in [4.69, 9.17) is 4.74 Å². The van der Waals surface area contributed by atoms with Crippen LogP contribution in [0.3, 0.4) is 0 Å². The second kappa shape index (κ2) is 9.32. The first-order chi connectivity index (χ1) is 11.8. The van der Waals surface area contributed by atoms with Crippen LogP contribution in [0.5, 0.6) is 0 Å². The number of aromatic nitrogens is 3. The van der Waals surface area contributed by atoms with E-state index < -0.39 is 0 Å². The van der Waals surface area contributed by atoms with Gasteiger partial charge in [-0.1, -0.05) is 0 Å². The predicted octanol–water partition coefficient (Wildman–Crippen LogP) is 2.05. The minimum atomic E-state index is -0.290. The van der Waals surface area contributed by atoms with Gasteiger partial charge in [-0.3, -0.25) is 4.79 Å². The van der Waals surface area contributed by atoms with Gasteiger partial charge in [-0.05, 0) is 37.1 Å². The van der Waals surface area contributed by atoms with Gasteiger partial charge in [-0.2, -0.15) is 0 Å². The van der Waals surface area contributed by atoms with Crippen molar-refractivity contribution in [1.82, 2.24) is 20.1 Å². The molecule has 9 heteroatoms. The number of morpholine rings is 1. The Hall–Kier alpha value is -1.67. The number of anilines is 1. The Kier molecular flexibility index (Phi) is 7.40. The van der Waals surface area contributed by atoms with Gasteiger partial charge < -0.3 is 19.9 Å². The number of rotatable bonds is 3. The van der Waals surface area contributed by atoms with Crippen LogP contribution in [0.25, 0.3) is 11.4 Å². The fourth-order valence-corrected chi connectivity index (χ4v) is 3.19. The molecule has 4 rings (SSSR count). The molecule has 0 aliphatic carbocycles. The number of hydrogen-bond donors (Lipinski definition) is 2. The largest absolute Gasteiger partial charge is 0.378 e. The van der Waals surface area contributed by atoms with Gasteiger partial charge in [0.05, 0.1) is 13.2 Å². The molecule has 0 saturated carbocycles. The molecule has 2 N–H and O–H groups in total. The van der Waals surface area contributed by atoms with Crippen LogP contribution >= 0.6 is 24.8 Å². The van der Waals surface area contributed by atoms with E-state index in [0.29, 0.717) is 19.8 Å². The number of carbonyl (C=O) groups is 1. The van der Waals surface area contributed by atoms with Gasteiger partial charge in [0.25, 0.3) is 0 Å². The summed E-state index contributed by atoms with van der Waals surface area (Å²) in [5.41, 5.74) is 1.79. The van der Waals surface area contributed by atoms with E-state index in [1.165, 1.54) is 12.8 Å². The van der Waals surface area contributed by atoms with Gasteiger partial charge in [-0.25, -0.2) is 0 Å². The molecule has 1 unspecified atom stereocenters. The van der Waals surface area contributed by atoms with Crippen molar-refractivity contribution in [3.8, 4) is 11.4 Å². The first-order valence-corrected chi connectivity index (χ1v) is 8.46. The number of halogens is 2. The Morgan fingerprint density at radius 1 is 1.19 bits per heavy atom. The monoisotopic (exact) mass is 399 g/mol. The molecule has 26 heavy (non-hydrogen) atoms. The molecule has 1 amide bonds. The lowest BCUT2D eigenvalue weighted by molar-refractivity contribution is -0.120. The highest BCUT2D eigenvalue weighted by atomic mass is 35.5. The molecule has 1 aromatic carbocycles. The summed E-state index contributed by atoms with van der Waals surface area (Å²) in [7, 11) is 0. The molecule has 1 fully saturated rings. The van der Waals surface area contributed by atoms with E-state index in [1.54, 1.807) is 0 Å². The normalized spacial score (nSPS) is 18.8. The summed E-state index contributed by atoms with van der Waals surface area (Å²) in [5, 5.41) is 14.7. The summed E-state index contributed by atoms with van der Waals surface area (Å²) >= 11 is 0. The zero-order chi connectivity index (χ0) is 16.4. The molecule has 1 saturated heterocycles. The summed E-state index contributed by atoms with van der Waals surface area (Å²) in [6.45, 7) is 2.75. The second-order valence-electron chi connectivity index (χ2n) is 6.20. The molecule has 1 atom stereocenters. The number of ether oxygens (including phenoxy) is 1. The third kappa shape index (κ3) is 4.35. The van der Waals surface area contributed by atoms with Crippen LogP contribution in [0.2, 0.25) is 0 Å². The number of benzene rings is 1. The van der Waals surface area contributed by atoms with Gasteiger partial charge in [-0.15, -0.1) is 35.0 Å². The van der Waals surface area contributed by atoms with Gasteiger partial charge in [0.15, 0.2) is 5.82 Å². The first-order valence-electron chi connectivity index (χ1n) is 8.46. The van der Waals surface area contributed by atoms with Crippen molar-refractivity contribution < 1.29 is 9.53 Å². The van der Waals surface area contributed by atoms with Crippen molar-refractivity contribution in [2.45, 2.75) is 31.8 Å². The number of fused-ring (bicyclic) bond motifs is 1. The van der Waals surface area contributed by atoms with Crippen molar-refractivity contribution >= 4 is 36.4 Å². The van der Waals surface area contributed by atoms with Gasteiger partial charge >= 0.3 is 0 Å². The lowest BCUT2D eigenvalue weighted by atomic mass is 10.1. The minimum Gasteiger partial charge on any atom is -0.378 e. The SMILES string of the molecule is Cl.Cl.O=C(Nc1ccc(-c2nnc3n2CCCC3)cc1)C1COCCN1. The quantitative estimate of drug-likeness (QED) is 0.825. The highest BCUT2D eigenvalue weighted by molar-refractivity contribution is 5.95. The molecule has 2 aliphatic heterocycles. The van der Waals surface area contributed by atoms with Crippen molar-refractivity contribution in [3.05, 3.63) is 30.1 Å². The van der Waals surface area contributed by atoms with Crippen LogP contribution in [-0.4, -0.2) is 46.5 Å². The van der Waals surface area contributed by atoms with Crippen molar-refractivity contribution in [2.24, 2.45) is 0 Å². The fourth-order valence-electron chi connectivity index (χ4n) is 3.19. The number of carbonyl (C=O) groups excluding carboxylic acids is 1. The standard InChI is InChI=1S/C17H21N5O2.2ClH/c23-17(14-11-24-10-8-18-14)19-13-6-4-12(5-7-13)16-21-20-15-3-1-2-9-22(15)16;;/h4-7,14,18H,1-3,8-11H2,(H,19,23);2*1H. The molecule has 0 spiro atoms. The van der Waals surface area contributed by atoms with Gasteiger partial charge in [0.1, 0.15) is 11.9 Å². The smallest absolute Gasteiger partial charge is 0.243 e. The molecule has 0 radical (unpaired) electrons. The Bertz CT molecular complexity index is 729. The third-order valence-corrected chi connectivity index (χ3v) is 4.51. The average molecular weight is 400 g/mol. The molecular weight excluding hydrogens is 377 g/mol.